The molecule has 550 valence electrons. The summed E-state index contributed by atoms with van der Waals surface area (Å²) in [5.41, 5.74) is -24.4. The van der Waals surface area contributed by atoms with E-state index in [9.17, 15) is 116 Å². The number of fused-ring (bicyclic) bond motifs is 6. The molecule has 0 aliphatic heterocycles. The van der Waals surface area contributed by atoms with Gasteiger partial charge < -0.3 is 9.13 Å². The second-order valence-electron chi connectivity index (χ2n) is 24.7. The monoisotopic (exact) mass is 1530 g/mol. The smallest absolute Gasteiger partial charge is 0.309 e. The average molecular weight is 1530 g/mol. The van der Waals surface area contributed by atoms with Crippen molar-refractivity contribution in [1.29, 1.82) is 10.5 Å². The van der Waals surface area contributed by atoms with E-state index in [1.807, 2.05) is 6.07 Å². The van der Waals surface area contributed by atoms with Crippen molar-refractivity contribution in [2.24, 2.45) is 0 Å². The molecule has 13 aromatic rings. The van der Waals surface area contributed by atoms with E-state index in [0.29, 0.717) is 54.6 Å². The maximum Gasteiger partial charge on any atom is 0.417 e. The number of nitriles is 2. The quantitative estimate of drug-likeness (QED) is 0.142. The first kappa shape index (κ1) is 74.4. The van der Waals surface area contributed by atoms with Crippen molar-refractivity contribution in [2.75, 3.05) is 0 Å². The Morgan fingerprint density at radius 3 is 0.731 bits per heavy atom. The van der Waals surface area contributed by atoms with E-state index >= 15 is 13.2 Å². The first-order valence-corrected chi connectivity index (χ1v) is 30.7. The van der Waals surface area contributed by atoms with Crippen molar-refractivity contribution >= 4 is 43.6 Å². The Morgan fingerprint density at radius 2 is 0.463 bits per heavy atom. The summed E-state index contributed by atoms with van der Waals surface area (Å²) in [6, 6.07) is 27.1. The van der Waals surface area contributed by atoms with Gasteiger partial charge in [-0.05, 0) is 213 Å². The lowest BCUT2D eigenvalue weighted by atomic mass is 9.92. The topological polar surface area (TPSA) is 57.4 Å². The summed E-state index contributed by atoms with van der Waals surface area (Å²) in [7, 11) is 0. The second kappa shape index (κ2) is 25.4. The predicted molar refractivity (Wildman–Crippen MR) is 342 cm³/mol. The van der Waals surface area contributed by atoms with E-state index in [1.54, 1.807) is 6.07 Å². The van der Waals surface area contributed by atoms with Crippen LogP contribution < -0.4 is 0 Å². The molecular weight excluding hydrogens is 1490 g/mol. The van der Waals surface area contributed by atoms with Crippen molar-refractivity contribution in [3.63, 3.8) is 0 Å². The van der Waals surface area contributed by atoms with Gasteiger partial charge in [-0.3, -0.25) is 0 Å². The van der Waals surface area contributed by atoms with Crippen LogP contribution in [0.1, 0.15) is 61.2 Å². The maximum atomic E-state index is 15.4. The van der Waals surface area contributed by atoms with Crippen LogP contribution in [-0.2, 0) is 55.6 Å². The fraction of sp³-hybridized carbons (Fsp3) is 0.117. The Balaban J connectivity index is 1.16. The summed E-state index contributed by atoms with van der Waals surface area (Å²) < 4.78 is 396. The van der Waals surface area contributed by atoms with E-state index in [-0.39, 0.29) is 102 Å². The standard InChI is InChI=1S/C77H33F27N4/c78-69(79,80)47-17-43(18-48(30-47)70(81,82)83)38-3-10-64-58(25-38)59-26-39(44-19-49(71(84,85)86)31-50(20-44)72(87,88)89)4-11-65(59)107(64)63-14-7-42(55-8-1-36(34-105)15-62(55)77(102,103)104)29-57(63)56-9-2-37(35-106)16-68(56)108-66-12-5-40(45-21-51(73(90,91)92)32-52(22-45)74(93,94)95)27-60(66)61-28-41(6-13-67(61)108)46-23-53(75(96,97)98)33-54(24-46)76(99,100)101/h1-33H. The highest BCUT2D eigenvalue weighted by Gasteiger charge is 2.43. The molecule has 11 aromatic carbocycles. The molecular formula is C77H33F27N4. The van der Waals surface area contributed by atoms with Crippen LogP contribution in [0.4, 0.5) is 119 Å². The number of aromatic nitrogens is 2. The molecule has 0 unspecified atom stereocenters. The Bertz CT molecular complexity index is 5550. The van der Waals surface area contributed by atoms with Gasteiger partial charge in [-0.1, -0.05) is 42.5 Å². The van der Waals surface area contributed by atoms with Crippen LogP contribution in [0.25, 0.3) is 122 Å². The summed E-state index contributed by atoms with van der Waals surface area (Å²) in [5.74, 6) is 0. The van der Waals surface area contributed by atoms with E-state index < -0.39 is 161 Å². The summed E-state index contributed by atoms with van der Waals surface area (Å²) >= 11 is 0. The average Bonchev–Trinajstić information content (AvgIpc) is 1.55. The third-order valence-electron chi connectivity index (χ3n) is 17.9. The Labute approximate surface area is 587 Å². The van der Waals surface area contributed by atoms with Crippen molar-refractivity contribution in [3.8, 4) is 90.3 Å². The molecule has 0 fully saturated rings. The number of hydrogen-bond acceptors (Lipinski definition) is 2. The Morgan fingerprint density at radius 1 is 0.204 bits per heavy atom. The molecule has 2 heterocycles. The van der Waals surface area contributed by atoms with Crippen molar-refractivity contribution in [3.05, 3.63) is 261 Å². The predicted octanol–water partition coefficient (Wildman–Crippen LogP) is 26.8. The molecule has 31 heteroatoms. The van der Waals surface area contributed by atoms with Gasteiger partial charge in [-0.25, -0.2) is 0 Å². The molecule has 0 amide bonds. The number of halogens is 27. The number of benzene rings is 11. The summed E-state index contributed by atoms with van der Waals surface area (Å²) in [6.45, 7) is 0. The zero-order valence-corrected chi connectivity index (χ0v) is 53.0. The van der Waals surface area contributed by atoms with E-state index in [0.717, 1.165) is 115 Å². The first-order chi connectivity index (χ1) is 50.1. The van der Waals surface area contributed by atoms with Gasteiger partial charge in [0.05, 0.1) is 107 Å². The van der Waals surface area contributed by atoms with E-state index in [4.69, 9.17) is 0 Å². The van der Waals surface area contributed by atoms with Crippen LogP contribution in [0.15, 0.2) is 200 Å². The van der Waals surface area contributed by atoms with E-state index in [2.05, 4.69) is 0 Å². The number of rotatable bonds is 8. The van der Waals surface area contributed by atoms with Gasteiger partial charge in [0.15, 0.2) is 0 Å². The van der Waals surface area contributed by atoms with Gasteiger partial charge in [0.25, 0.3) is 0 Å². The molecule has 108 heavy (non-hydrogen) atoms. The minimum absolute atomic E-state index is 0.184. The minimum Gasteiger partial charge on any atom is -0.309 e. The van der Waals surface area contributed by atoms with Crippen LogP contribution in [0.5, 0.6) is 0 Å². The van der Waals surface area contributed by atoms with Crippen LogP contribution in [0.2, 0.25) is 0 Å². The summed E-state index contributed by atoms with van der Waals surface area (Å²) in [5, 5.41) is 19.4. The normalized spacial score (nSPS) is 13.1. The number of alkyl halides is 27. The van der Waals surface area contributed by atoms with Gasteiger partial charge in [0.2, 0.25) is 0 Å². The van der Waals surface area contributed by atoms with Gasteiger partial charge >= 0.3 is 55.6 Å². The van der Waals surface area contributed by atoms with Crippen LogP contribution >= 0.6 is 0 Å². The molecule has 0 spiro atoms. The molecule has 0 aliphatic carbocycles. The molecule has 2 aromatic heterocycles. The molecule has 4 nitrogen and oxygen atoms in total. The maximum absolute atomic E-state index is 15.4. The highest BCUT2D eigenvalue weighted by atomic mass is 19.4. The zero-order valence-electron chi connectivity index (χ0n) is 53.0. The summed E-state index contributed by atoms with van der Waals surface area (Å²) in [4.78, 5) is 0. The minimum atomic E-state index is -5.44. The zero-order chi connectivity index (χ0) is 78.5. The molecule has 13 rings (SSSR count). The molecule has 0 atom stereocenters. The van der Waals surface area contributed by atoms with Gasteiger partial charge in [0, 0.05) is 32.7 Å². The third-order valence-corrected chi connectivity index (χ3v) is 17.9. The van der Waals surface area contributed by atoms with Crippen LogP contribution in [-0.4, -0.2) is 9.13 Å². The molecule has 0 saturated carbocycles. The highest BCUT2D eigenvalue weighted by Crippen LogP contribution is 2.51. The largest absolute Gasteiger partial charge is 0.417 e. The van der Waals surface area contributed by atoms with Crippen LogP contribution in [0.3, 0.4) is 0 Å². The Hall–Kier alpha value is -11.9. The number of hydrogen-bond donors (Lipinski definition) is 0. The Kier molecular flexibility index (Phi) is 17.5. The molecule has 0 N–H and O–H groups in total. The lowest BCUT2D eigenvalue weighted by molar-refractivity contribution is -0.144. The fourth-order valence-corrected chi connectivity index (χ4v) is 13.0. The van der Waals surface area contributed by atoms with Gasteiger partial charge in [-0.2, -0.15) is 129 Å². The van der Waals surface area contributed by atoms with Crippen molar-refractivity contribution < 1.29 is 119 Å². The lowest BCUT2D eigenvalue weighted by Gasteiger charge is -2.21. The second-order valence-corrected chi connectivity index (χ2v) is 24.7. The molecule has 0 saturated heterocycles. The molecule has 0 bridgehead atoms. The van der Waals surface area contributed by atoms with E-state index in [1.165, 1.54) is 15.2 Å². The van der Waals surface area contributed by atoms with Crippen molar-refractivity contribution in [2.45, 2.75) is 55.6 Å². The van der Waals surface area contributed by atoms with Gasteiger partial charge in [0.1, 0.15) is 0 Å². The lowest BCUT2D eigenvalue weighted by Crippen LogP contribution is -2.11. The number of nitrogens with zero attached hydrogens (tertiary/aromatic N) is 4. The third kappa shape index (κ3) is 14.0. The first-order valence-electron chi connectivity index (χ1n) is 30.7. The van der Waals surface area contributed by atoms with Crippen LogP contribution in [0, 0.1) is 22.7 Å². The summed E-state index contributed by atoms with van der Waals surface area (Å²) in [6.07, 6.45) is -48.8. The highest BCUT2D eigenvalue weighted by molar-refractivity contribution is 6.14. The SMILES string of the molecule is N#Cc1ccc(-c2cc(-c3ccc(C#N)cc3C(F)(F)F)ccc2-n2c3ccc(-c4cc(C(F)(F)F)cc(C(F)(F)F)c4)cc3c3cc(-c4cc(C(F)(F)F)cc(C(F)(F)F)c4)ccc32)c(-n2c3ccc(-c4cc(C(F)(F)F)cc(C(F)(F)F)c4)cc3c3cc(-c4cc(C(F)(F)F)cc(C(F)(F)F)c4)ccc32)c1. The van der Waals surface area contributed by atoms with Crippen molar-refractivity contribution in [1.82, 2.24) is 9.13 Å². The molecule has 0 aliphatic rings. The molecule has 0 radical (unpaired) electrons. The fourth-order valence-electron chi connectivity index (χ4n) is 13.0. The van der Waals surface area contributed by atoms with Gasteiger partial charge in [-0.15, -0.1) is 0 Å².